The Morgan fingerprint density at radius 2 is 1.85 bits per heavy atom. The van der Waals surface area contributed by atoms with Crippen LogP contribution in [0.5, 0.6) is 5.75 Å². The van der Waals surface area contributed by atoms with Crippen LogP contribution in [0.25, 0.3) is 0 Å². The lowest BCUT2D eigenvalue weighted by Crippen LogP contribution is -2.03. The maximum atomic E-state index is 12.5. The third-order valence-electron chi connectivity index (χ3n) is 2.54. The normalized spacial score (nSPS) is 11.3. The highest BCUT2D eigenvalue weighted by atomic mass is 31.2. The van der Waals surface area contributed by atoms with Gasteiger partial charge in [0.05, 0.1) is 32.0 Å². The highest BCUT2D eigenvalue weighted by Crippen LogP contribution is 2.52. The van der Waals surface area contributed by atoms with E-state index in [0.29, 0.717) is 11.3 Å². The zero-order valence-electron chi connectivity index (χ0n) is 11.8. The molecule has 6 nitrogen and oxygen atoms in total. The van der Waals surface area contributed by atoms with Crippen LogP contribution in [0.15, 0.2) is 18.2 Å². The third-order valence-corrected chi connectivity index (χ3v) is 4.57. The van der Waals surface area contributed by atoms with Crippen LogP contribution in [-0.4, -0.2) is 31.4 Å². The molecule has 0 aliphatic carbocycles. The van der Waals surface area contributed by atoms with Crippen LogP contribution in [0.4, 0.5) is 0 Å². The maximum absolute atomic E-state index is 12.5. The van der Waals surface area contributed by atoms with E-state index < -0.39 is 13.6 Å². The van der Waals surface area contributed by atoms with Gasteiger partial charge in [-0.1, -0.05) is 0 Å². The van der Waals surface area contributed by atoms with E-state index in [2.05, 4.69) is 0 Å². The van der Waals surface area contributed by atoms with Gasteiger partial charge in [0, 0.05) is 5.56 Å². The van der Waals surface area contributed by atoms with Crippen LogP contribution in [0.2, 0.25) is 0 Å². The average Bonchev–Trinajstić information content (AvgIpc) is 2.38. The van der Waals surface area contributed by atoms with Crippen LogP contribution in [-0.2, 0) is 19.8 Å². The number of aromatic carboxylic acids is 1. The molecule has 0 aliphatic rings. The second kappa shape index (κ2) is 7.43. The van der Waals surface area contributed by atoms with Crippen molar-refractivity contribution in [2.24, 2.45) is 0 Å². The zero-order chi connectivity index (χ0) is 15.2. The Morgan fingerprint density at radius 1 is 1.25 bits per heavy atom. The number of methoxy groups -OCH3 is 1. The van der Waals surface area contributed by atoms with Gasteiger partial charge in [-0.15, -0.1) is 0 Å². The van der Waals surface area contributed by atoms with Crippen molar-refractivity contribution < 1.29 is 28.3 Å². The first kappa shape index (κ1) is 16.7. The van der Waals surface area contributed by atoms with Gasteiger partial charge in [-0.05, 0) is 32.0 Å². The first-order valence-corrected chi connectivity index (χ1v) is 7.97. The van der Waals surface area contributed by atoms with Crippen molar-refractivity contribution in [2.75, 3.05) is 20.3 Å². The minimum atomic E-state index is -3.30. The van der Waals surface area contributed by atoms with E-state index in [4.69, 9.17) is 18.9 Å². The zero-order valence-corrected chi connectivity index (χ0v) is 12.7. The molecule has 0 saturated heterocycles. The van der Waals surface area contributed by atoms with E-state index in [0.717, 1.165) is 0 Å². The molecule has 0 fully saturated rings. The Balaban J connectivity index is 3.12. The molecule has 1 N–H and O–H groups in total. The minimum Gasteiger partial charge on any atom is -0.496 e. The first-order chi connectivity index (χ1) is 9.45. The van der Waals surface area contributed by atoms with E-state index in [-0.39, 0.29) is 24.9 Å². The van der Waals surface area contributed by atoms with Crippen LogP contribution < -0.4 is 4.74 Å². The van der Waals surface area contributed by atoms with Crippen molar-refractivity contribution in [1.82, 2.24) is 0 Å². The number of carboxylic acids is 1. The SMILES string of the molecule is CCOP(=O)(Cc1cc(C(=O)O)ccc1OC)OCC. The lowest BCUT2D eigenvalue weighted by Gasteiger charge is -2.18. The fourth-order valence-corrected chi connectivity index (χ4v) is 3.47. The van der Waals surface area contributed by atoms with Crippen molar-refractivity contribution in [2.45, 2.75) is 20.0 Å². The Morgan fingerprint density at radius 3 is 2.30 bits per heavy atom. The van der Waals surface area contributed by atoms with Crippen molar-refractivity contribution in [1.29, 1.82) is 0 Å². The summed E-state index contributed by atoms with van der Waals surface area (Å²) >= 11 is 0. The van der Waals surface area contributed by atoms with Crippen LogP contribution in [0.1, 0.15) is 29.8 Å². The van der Waals surface area contributed by atoms with Crippen LogP contribution >= 0.6 is 7.60 Å². The fraction of sp³-hybridized carbons (Fsp3) is 0.462. The smallest absolute Gasteiger partial charge is 0.335 e. The van der Waals surface area contributed by atoms with Gasteiger partial charge >= 0.3 is 13.6 Å². The number of rotatable bonds is 8. The molecule has 0 amide bonds. The molecule has 1 rings (SSSR count). The molecular weight excluding hydrogens is 283 g/mol. The van der Waals surface area contributed by atoms with Crippen molar-refractivity contribution in [3.05, 3.63) is 29.3 Å². The lowest BCUT2D eigenvalue weighted by molar-refractivity contribution is 0.0696. The number of benzene rings is 1. The number of hydrogen-bond acceptors (Lipinski definition) is 5. The molecule has 0 aliphatic heterocycles. The molecule has 112 valence electrons. The van der Waals surface area contributed by atoms with Gasteiger partial charge in [-0.2, -0.15) is 0 Å². The van der Waals surface area contributed by atoms with Crippen molar-refractivity contribution >= 4 is 13.6 Å². The third kappa shape index (κ3) is 4.34. The van der Waals surface area contributed by atoms with Gasteiger partial charge in [0.25, 0.3) is 0 Å². The minimum absolute atomic E-state index is 0.0288. The first-order valence-electron chi connectivity index (χ1n) is 6.24. The quantitative estimate of drug-likeness (QED) is 0.743. The molecular formula is C13H19O6P. The predicted molar refractivity (Wildman–Crippen MR) is 74.5 cm³/mol. The summed E-state index contributed by atoms with van der Waals surface area (Å²) < 4.78 is 28.0. The molecule has 0 radical (unpaired) electrons. The number of hydrogen-bond donors (Lipinski definition) is 1. The van der Waals surface area contributed by atoms with E-state index in [1.807, 2.05) is 0 Å². The van der Waals surface area contributed by atoms with Crippen molar-refractivity contribution in [3.63, 3.8) is 0 Å². The Labute approximate surface area is 118 Å². The number of carboxylic acid groups (broad SMARTS) is 1. The van der Waals surface area contributed by atoms with E-state index in [9.17, 15) is 9.36 Å². The monoisotopic (exact) mass is 302 g/mol. The lowest BCUT2D eigenvalue weighted by atomic mass is 10.1. The summed E-state index contributed by atoms with van der Waals surface area (Å²) in [5.41, 5.74) is 0.581. The fourth-order valence-electron chi connectivity index (χ4n) is 1.77. The van der Waals surface area contributed by atoms with E-state index >= 15 is 0 Å². The van der Waals surface area contributed by atoms with E-state index in [1.54, 1.807) is 13.8 Å². The highest BCUT2D eigenvalue weighted by Gasteiger charge is 2.26. The Hall–Kier alpha value is -1.36. The van der Waals surface area contributed by atoms with Crippen LogP contribution in [0.3, 0.4) is 0 Å². The summed E-state index contributed by atoms with van der Waals surface area (Å²) in [6.07, 6.45) is -0.0288. The second-order valence-corrected chi connectivity index (χ2v) is 5.99. The second-order valence-electron chi connectivity index (χ2n) is 3.94. The molecule has 1 aromatic carbocycles. The topological polar surface area (TPSA) is 82.1 Å². The summed E-state index contributed by atoms with van der Waals surface area (Å²) in [5.74, 6) is -0.605. The van der Waals surface area contributed by atoms with Gasteiger partial charge in [0.1, 0.15) is 5.75 Å². The van der Waals surface area contributed by atoms with Gasteiger partial charge in [0.15, 0.2) is 0 Å². The van der Waals surface area contributed by atoms with Crippen LogP contribution in [0, 0.1) is 0 Å². The summed E-state index contributed by atoms with van der Waals surface area (Å²) in [5, 5.41) is 9.01. The summed E-state index contributed by atoms with van der Waals surface area (Å²) in [6, 6.07) is 4.38. The highest BCUT2D eigenvalue weighted by molar-refractivity contribution is 7.53. The average molecular weight is 302 g/mol. The van der Waals surface area contributed by atoms with Gasteiger partial charge in [-0.3, -0.25) is 4.57 Å². The number of carbonyl (C=O) groups is 1. The summed E-state index contributed by atoms with van der Waals surface area (Å²) in [7, 11) is -1.84. The van der Waals surface area contributed by atoms with Gasteiger partial charge in [-0.25, -0.2) is 4.79 Å². The molecule has 1 aromatic rings. The molecule has 0 heterocycles. The maximum Gasteiger partial charge on any atom is 0.335 e. The predicted octanol–water partition coefficient (Wildman–Crippen LogP) is 3.16. The van der Waals surface area contributed by atoms with Gasteiger partial charge < -0.3 is 18.9 Å². The Kier molecular flexibility index (Phi) is 6.20. The molecule has 0 spiro atoms. The van der Waals surface area contributed by atoms with E-state index in [1.165, 1.54) is 25.3 Å². The molecule has 7 heteroatoms. The molecule has 0 aromatic heterocycles. The molecule has 0 saturated carbocycles. The summed E-state index contributed by atoms with van der Waals surface area (Å²) in [6.45, 7) is 3.93. The number of ether oxygens (including phenoxy) is 1. The largest absolute Gasteiger partial charge is 0.496 e. The molecule has 0 atom stereocenters. The summed E-state index contributed by atoms with van der Waals surface area (Å²) in [4.78, 5) is 11.0. The van der Waals surface area contributed by atoms with Gasteiger partial charge in [0.2, 0.25) is 0 Å². The molecule has 20 heavy (non-hydrogen) atoms. The molecule has 0 unspecified atom stereocenters. The molecule has 0 bridgehead atoms. The van der Waals surface area contributed by atoms with Crippen molar-refractivity contribution in [3.8, 4) is 5.75 Å². The Bertz CT molecular complexity index is 504. The standard InChI is InChI=1S/C13H19O6P/c1-4-18-20(16,19-5-2)9-11-8-10(13(14)15)6-7-12(11)17-3/h6-8H,4-5,9H2,1-3H3,(H,14,15).